The number of rotatable bonds is 7. The van der Waals surface area contributed by atoms with Crippen LogP contribution in [0.2, 0.25) is 0 Å². The number of benzene rings is 8. The summed E-state index contributed by atoms with van der Waals surface area (Å²) in [6.45, 7) is 4.41. The third kappa shape index (κ3) is 6.36. The van der Waals surface area contributed by atoms with Crippen molar-refractivity contribution in [3.05, 3.63) is 251 Å². The molecule has 0 bridgehead atoms. The number of anilines is 3. The molecule has 0 atom stereocenters. The van der Waals surface area contributed by atoms with Crippen molar-refractivity contribution < 1.29 is 0 Å². The van der Waals surface area contributed by atoms with Crippen molar-refractivity contribution in [3.8, 4) is 76.6 Å². The van der Waals surface area contributed by atoms with Crippen LogP contribution >= 0.6 is 22.7 Å². The van der Waals surface area contributed by atoms with E-state index in [2.05, 4.69) is 224 Å². The Morgan fingerprint density at radius 2 is 0.838 bits per heavy atom. The Labute approximate surface area is 404 Å². The van der Waals surface area contributed by atoms with Crippen LogP contribution < -0.4 is 4.90 Å². The Balaban J connectivity index is 0.945. The molecule has 322 valence electrons. The van der Waals surface area contributed by atoms with Gasteiger partial charge < -0.3 is 4.90 Å². The molecule has 11 aromatic rings. The van der Waals surface area contributed by atoms with E-state index in [0.717, 1.165) is 44.6 Å². The van der Waals surface area contributed by atoms with Crippen LogP contribution in [0.5, 0.6) is 0 Å². The second-order valence-electron chi connectivity index (χ2n) is 17.6. The monoisotopic (exact) mass is 906 g/mol. The van der Waals surface area contributed by atoms with Crippen molar-refractivity contribution in [2.24, 2.45) is 0 Å². The highest BCUT2D eigenvalue weighted by Crippen LogP contribution is 2.66. The van der Waals surface area contributed by atoms with Gasteiger partial charge in [0, 0.05) is 32.1 Å². The van der Waals surface area contributed by atoms with Crippen molar-refractivity contribution in [3.63, 3.8) is 0 Å². The van der Waals surface area contributed by atoms with Crippen LogP contribution in [0.25, 0.3) is 76.6 Å². The smallest absolute Gasteiger partial charge is 0.164 e. The average Bonchev–Trinajstić information content (AvgIpc) is 4.13. The first-order valence-corrected chi connectivity index (χ1v) is 24.7. The van der Waals surface area contributed by atoms with Gasteiger partial charge in [0.2, 0.25) is 0 Å². The number of aryl methyl sites for hydroxylation is 2. The lowest BCUT2D eigenvalue weighted by Gasteiger charge is -2.45. The van der Waals surface area contributed by atoms with Crippen LogP contribution in [0.15, 0.2) is 218 Å². The van der Waals surface area contributed by atoms with Crippen molar-refractivity contribution in [2.45, 2.75) is 19.3 Å². The molecule has 0 saturated heterocycles. The lowest BCUT2D eigenvalue weighted by atomic mass is 9.65. The minimum absolute atomic E-state index is 0.461. The minimum Gasteiger partial charge on any atom is -0.310 e. The van der Waals surface area contributed by atoms with Crippen molar-refractivity contribution in [1.29, 1.82) is 0 Å². The molecule has 2 aliphatic rings. The van der Waals surface area contributed by atoms with Gasteiger partial charge >= 0.3 is 0 Å². The summed E-state index contributed by atoms with van der Waals surface area (Å²) in [6, 6.07) is 76.4. The number of para-hydroxylation sites is 2. The molecular formula is C62H42N4S2. The number of hydrogen-bond acceptors (Lipinski definition) is 6. The summed E-state index contributed by atoms with van der Waals surface area (Å²) in [5.41, 5.74) is 19.3. The van der Waals surface area contributed by atoms with Gasteiger partial charge in [-0.05, 0) is 117 Å². The van der Waals surface area contributed by atoms with E-state index >= 15 is 0 Å². The highest BCUT2D eigenvalue weighted by Gasteiger charge is 2.53. The third-order valence-electron chi connectivity index (χ3n) is 13.7. The van der Waals surface area contributed by atoms with E-state index in [9.17, 15) is 0 Å². The Kier molecular flexibility index (Phi) is 9.53. The molecule has 1 spiro atoms. The molecule has 4 nitrogen and oxygen atoms in total. The molecule has 3 aromatic heterocycles. The number of hydrogen-bond donors (Lipinski definition) is 0. The van der Waals surface area contributed by atoms with Gasteiger partial charge in [-0.1, -0.05) is 176 Å². The van der Waals surface area contributed by atoms with Gasteiger partial charge in [-0.15, -0.1) is 22.7 Å². The highest BCUT2D eigenvalue weighted by molar-refractivity contribution is 7.23. The first-order valence-electron chi connectivity index (χ1n) is 23.0. The lowest BCUT2D eigenvalue weighted by molar-refractivity contribution is 0.756. The fourth-order valence-electron chi connectivity index (χ4n) is 10.5. The second-order valence-corrected chi connectivity index (χ2v) is 19.6. The number of aromatic nitrogens is 3. The molecule has 0 fully saturated rings. The van der Waals surface area contributed by atoms with Gasteiger partial charge in [0.05, 0.1) is 21.7 Å². The summed E-state index contributed by atoms with van der Waals surface area (Å²) < 4.78 is 0. The fourth-order valence-corrected chi connectivity index (χ4v) is 12.9. The zero-order chi connectivity index (χ0) is 45.3. The lowest BCUT2D eigenvalue weighted by Crippen LogP contribution is -2.36. The predicted octanol–water partition coefficient (Wildman–Crippen LogP) is 16.8. The largest absolute Gasteiger partial charge is 0.310 e. The maximum Gasteiger partial charge on any atom is 0.164 e. The molecule has 13 rings (SSSR count). The summed E-state index contributed by atoms with van der Waals surface area (Å²) in [7, 11) is 0. The minimum atomic E-state index is -0.461. The summed E-state index contributed by atoms with van der Waals surface area (Å²) in [5.74, 6) is 1.91. The van der Waals surface area contributed by atoms with Crippen molar-refractivity contribution in [2.75, 3.05) is 4.90 Å². The van der Waals surface area contributed by atoms with E-state index in [0.29, 0.717) is 17.5 Å². The molecule has 8 aromatic carbocycles. The Hall–Kier alpha value is -8.03. The predicted molar refractivity (Wildman–Crippen MR) is 283 cm³/mol. The molecule has 0 amide bonds. The van der Waals surface area contributed by atoms with E-state index in [1.54, 1.807) is 0 Å². The van der Waals surface area contributed by atoms with Gasteiger partial charge in [0.1, 0.15) is 0 Å². The second kappa shape index (κ2) is 16.1. The standard InChI is InChI=1S/C62H42N4S2/c1-39-37-55(66-53-24-14-12-22-49(53)62(50-23-13-15-25-54(50)66)51-34-35-67-57(51)58-52(62)38-56(68-58)45-20-10-5-11-21-45)40(2)36-48(39)61-64-59(46-30-26-43(27-31-46)41-16-6-3-7-17-41)63-60(65-61)47-32-28-44(29-33-47)42-18-8-4-9-19-42/h3-38H,1-2H3. The zero-order valence-electron chi connectivity index (χ0n) is 37.4. The maximum absolute atomic E-state index is 5.26. The third-order valence-corrected chi connectivity index (χ3v) is 16.0. The molecule has 68 heavy (non-hydrogen) atoms. The van der Waals surface area contributed by atoms with Gasteiger partial charge in [-0.2, -0.15) is 0 Å². The van der Waals surface area contributed by atoms with Crippen LogP contribution in [0, 0.1) is 13.8 Å². The first kappa shape index (κ1) is 40.3. The molecule has 0 saturated carbocycles. The first-order chi connectivity index (χ1) is 33.5. The molecule has 0 unspecified atom stereocenters. The Morgan fingerprint density at radius 3 is 1.40 bits per heavy atom. The number of nitrogens with zero attached hydrogens (tertiary/aromatic N) is 4. The molecule has 0 N–H and O–H groups in total. The van der Waals surface area contributed by atoms with Crippen LogP contribution in [0.4, 0.5) is 17.1 Å². The van der Waals surface area contributed by atoms with E-state index < -0.39 is 5.41 Å². The van der Waals surface area contributed by atoms with Crippen molar-refractivity contribution >= 4 is 39.7 Å². The van der Waals surface area contributed by atoms with Crippen LogP contribution in [-0.2, 0) is 5.41 Å². The zero-order valence-corrected chi connectivity index (χ0v) is 39.0. The van der Waals surface area contributed by atoms with Crippen molar-refractivity contribution in [1.82, 2.24) is 15.0 Å². The summed E-state index contributed by atoms with van der Waals surface area (Å²) >= 11 is 3.78. The Morgan fingerprint density at radius 1 is 0.368 bits per heavy atom. The summed E-state index contributed by atoms with van der Waals surface area (Å²) in [4.78, 5) is 22.2. The fraction of sp³-hybridized carbons (Fsp3) is 0.0484. The van der Waals surface area contributed by atoms with E-state index in [4.69, 9.17) is 15.0 Å². The van der Waals surface area contributed by atoms with Gasteiger partial charge in [-0.3, -0.25) is 0 Å². The summed E-state index contributed by atoms with van der Waals surface area (Å²) in [6.07, 6.45) is 0. The molecule has 4 heterocycles. The van der Waals surface area contributed by atoms with Crippen LogP contribution in [0.1, 0.15) is 33.4 Å². The molecule has 6 heteroatoms. The van der Waals surface area contributed by atoms with Crippen LogP contribution in [0.3, 0.4) is 0 Å². The molecule has 0 radical (unpaired) electrons. The quantitative estimate of drug-likeness (QED) is 0.160. The van der Waals surface area contributed by atoms with E-state index in [1.165, 1.54) is 65.0 Å². The van der Waals surface area contributed by atoms with Gasteiger partial charge in [-0.25, -0.2) is 15.0 Å². The van der Waals surface area contributed by atoms with E-state index in [1.807, 2.05) is 34.8 Å². The number of fused-ring (bicyclic) bond motifs is 9. The topological polar surface area (TPSA) is 41.9 Å². The number of thiophene rings is 2. The molecule has 1 aliphatic carbocycles. The van der Waals surface area contributed by atoms with Crippen LogP contribution in [-0.4, -0.2) is 15.0 Å². The average molecular weight is 907 g/mol. The maximum atomic E-state index is 5.26. The van der Waals surface area contributed by atoms with Gasteiger partial charge in [0.25, 0.3) is 0 Å². The van der Waals surface area contributed by atoms with E-state index in [-0.39, 0.29) is 0 Å². The Bertz CT molecular complexity index is 3540. The highest BCUT2D eigenvalue weighted by atomic mass is 32.1. The van der Waals surface area contributed by atoms with Gasteiger partial charge in [0.15, 0.2) is 17.5 Å². The summed E-state index contributed by atoms with van der Waals surface area (Å²) in [5, 5.41) is 2.28. The normalized spacial score (nSPS) is 12.9. The SMILES string of the molecule is Cc1cc(N2c3ccccc3C3(c4ccccc42)c2ccsc2-c2sc(-c4ccccc4)cc23)c(C)cc1-c1nc(-c2ccc(-c3ccccc3)cc2)nc(-c2ccc(-c3ccccc3)cc2)n1. The molecular weight excluding hydrogens is 865 g/mol. The molecule has 1 aliphatic heterocycles.